The minimum atomic E-state index is -0.459. The van der Waals surface area contributed by atoms with Gasteiger partial charge in [-0.1, -0.05) is 0 Å². The number of furan rings is 1. The van der Waals surface area contributed by atoms with E-state index in [0.29, 0.717) is 17.9 Å². The van der Waals surface area contributed by atoms with Gasteiger partial charge in [0.25, 0.3) is 11.5 Å². The van der Waals surface area contributed by atoms with Crippen molar-refractivity contribution in [2.75, 3.05) is 11.1 Å². The molecule has 3 aromatic heterocycles. The number of anilines is 2. The number of nitrogens with one attached hydrogen (secondary N) is 1. The Kier molecular flexibility index (Phi) is 4.13. The van der Waals surface area contributed by atoms with Crippen LogP contribution in [0.3, 0.4) is 0 Å². The number of rotatable bonds is 4. The van der Waals surface area contributed by atoms with Crippen LogP contribution >= 0.6 is 0 Å². The van der Waals surface area contributed by atoms with Gasteiger partial charge in [-0.3, -0.25) is 19.1 Å². The van der Waals surface area contributed by atoms with Crippen molar-refractivity contribution in [3.63, 3.8) is 0 Å². The third kappa shape index (κ3) is 3.28. The molecule has 0 radical (unpaired) electrons. The highest BCUT2D eigenvalue weighted by molar-refractivity contribution is 6.11. The molecule has 0 aliphatic heterocycles. The van der Waals surface area contributed by atoms with Gasteiger partial charge in [-0.2, -0.15) is 0 Å². The van der Waals surface area contributed by atoms with Crippen LogP contribution in [0.1, 0.15) is 15.9 Å². The van der Waals surface area contributed by atoms with Crippen molar-refractivity contribution < 1.29 is 9.21 Å². The largest absolute Gasteiger partial charge is 0.445 e. The summed E-state index contributed by atoms with van der Waals surface area (Å²) in [5.41, 5.74) is 7.58. The van der Waals surface area contributed by atoms with Gasteiger partial charge in [-0.15, -0.1) is 0 Å². The van der Waals surface area contributed by atoms with Crippen LogP contribution in [-0.2, 0) is 6.54 Å². The van der Waals surface area contributed by atoms with E-state index in [2.05, 4.69) is 15.3 Å². The predicted octanol–water partition coefficient (Wildman–Crippen LogP) is 2.27. The maximum atomic E-state index is 12.9. The molecule has 3 N–H and O–H groups in total. The lowest BCUT2D eigenvalue weighted by molar-refractivity contribution is 0.102. The number of carbonyl (C=O) groups excluding carboxylic acids is 1. The lowest BCUT2D eigenvalue weighted by Gasteiger charge is -2.06. The van der Waals surface area contributed by atoms with Crippen molar-refractivity contribution in [1.82, 2.24) is 14.5 Å². The molecule has 0 saturated heterocycles. The van der Waals surface area contributed by atoms with E-state index >= 15 is 0 Å². The molecule has 0 bridgehead atoms. The number of fused-ring (bicyclic) bond motifs is 1. The minimum absolute atomic E-state index is 0.119. The monoisotopic (exact) mass is 361 g/mol. The molecule has 134 valence electrons. The molecule has 1 amide bonds. The molecule has 0 aliphatic carbocycles. The summed E-state index contributed by atoms with van der Waals surface area (Å²) in [4.78, 5) is 33.6. The Morgan fingerprint density at radius 3 is 2.63 bits per heavy atom. The fourth-order valence-electron chi connectivity index (χ4n) is 2.70. The van der Waals surface area contributed by atoms with Crippen LogP contribution in [0.2, 0.25) is 0 Å². The molecule has 27 heavy (non-hydrogen) atoms. The number of benzene rings is 1. The van der Waals surface area contributed by atoms with Crippen LogP contribution in [0.15, 0.2) is 70.6 Å². The van der Waals surface area contributed by atoms with E-state index in [0.717, 1.165) is 5.56 Å². The summed E-state index contributed by atoms with van der Waals surface area (Å²) in [6, 6.07) is 10.3. The van der Waals surface area contributed by atoms with Gasteiger partial charge in [-0.25, -0.2) is 4.98 Å². The molecule has 0 fully saturated rings. The summed E-state index contributed by atoms with van der Waals surface area (Å²) < 4.78 is 6.72. The van der Waals surface area contributed by atoms with Crippen molar-refractivity contribution in [3.05, 3.63) is 82.9 Å². The maximum Gasteiger partial charge on any atom is 0.265 e. The fraction of sp³-hybridized carbons (Fsp3) is 0.0526. The highest BCUT2D eigenvalue weighted by Crippen LogP contribution is 2.18. The van der Waals surface area contributed by atoms with E-state index in [-0.39, 0.29) is 22.2 Å². The fourth-order valence-corrected chi connectivity index (χ4v) is 2.70. The zero-order chi connectivity index (χ0) is 18.8. The topological polar surface area (TPSA) is 116 Å². The molecule has 8 heteroatoms. The first-order valence-electron chi connectivity index (χ1n) is 8.14. The quantitative estimate of drug-likeness (QED) is 0.539. The molecular formula is C19H15N5O3. The Hall–Kier alpha value is -3.94. The maximum absolute atomic E-state index is 12.9. The standard InChI is InChI=1S/C19H15N5O3/c20-13-1-3-14(4-2-13)23-17(25)15-10-27-18-16(15)19(26)24(11-22-18)9-12-5-7-21-8-6-12/h1-8,10-11H,9,20H2,(H,23,25). The van der Waals surface area contributed by atoms with Crippen LogP contribution in [0, 0.1) is 0 Å². The van der Waals surface area contributed by atoms with Crippen molar-refractivity contribution >= 4 is 28.4 Å². The first-order valence-corrected chi connectivity index (χ1v) is 8.14. The molecular weight excluding hydrogens is 346 g/mol. The molecule has 0 spiro atoms. The van der Waals surface area contributed by atoms with Gasteiger partial charge in [-0.05, 0) is 42.0 Å². The molecule has 0 unspecified atom stereocenters. The number of carbonyl (C=O) groups is 1. The number of nitrogens with two attached hydrogens (primary N) is 1. The van der Waals surface area contributed by atoms with Gasteiger partial charge >= 0.3 is 0 Å². The lowest BCUT2D eigenvalue weighted by atomic mass is 10.2. The summed E-state index contributed by atoms with van der Waals surface area (Å²) in [5.74, 6) is -0.459. The molecule has 4 aromatic rings. The van der Waals surface area contributed by atoms with Gasteiger partial charge in [0.1, 0.15) is 18.0 Å². The Balaban J connectivity index is 1.69. The van der Waals surface area contributed by atoms with E-state index in [4.69, 9.17) is 10.2 Å². The van der Waals surface area contributed by atoms with Crippen molar-refractivity contribution in [2.45, 2.75) is 6.54 Å². The summed E-state index contributed by atoms with van der Waals surface area (Å²) in [5, 5.41) is 2.86. The number of hydrogen-bond acceptors (Lipinski definition) is 6. The van der Waals surface area contributed by atoms with Crippen LogP contribution in [0.25, 0.3) is 11.1 Å². The van der Waals surface area contributed by atoms with Crippen molar-refractivity contribution in [3.8, 4) is 0 Å². The number of nitrogens with zero attached hydrogens (tertiary/aromatic N) is 3. The average Bonchev–Trinajstić information content (AvgIpc) is 3.12. The molecule has 0 atom stereocenters. The highest BCUT2D eigenvalue weighted by Gasteiger charge is 2.19. The summed E-state index contributed by atoms with van der Waals surface area (Å²) >= 11 is 0. The molecule has 8 nitrogen and oxygen atoms in total. The normalized spacial score (nSPS) is 10.8. The number of pyridine rings is 1. The van der Waals surface area contributed by atoms with Crippen LogP contribution in [-0.4, -0.2) is 20.4 Å². The Morgan fingerprint density at radius 1 is 1.15 bits per heavy atom. The van der Waals surface area contributed by atoms with E-state index in [1.807, 2.05) is 0 Å². The smallest absolute Gasteiger partial charge is 0.265 e. The second-order valence-corrected chi connectivity index (χ2v) is 5.94. The lowest BCUT2D eigenvalue weighted by Crippen LogP contribution is -2.23. The third-order valence-electron chi connectivity index (χ3n) is 4.08. The number of hydrogen-bond donors (Lipinski definition) is 2. The van der Waals surface area contributed by atoms with Crippen LogP contribution < -0.4 is 16.6 Å². The Bertz CT molecular complexity index is 1160. The zero-order valence-corrected chi connectivity index (χ0v) is 14.1. The minimum Gasteiger partial charge on any atom is -0.445 e. The predicted molar refractivity (Wildman–Crippen MR) is 100 cm³/mol. The summed E-state index contributed by atoms with van der Waals surface area (Å²) in [6.07, 6.45) is 5.93. The summed E-state index contributed by atoms with van der Waals surface area (Å²) in [7, 11) is 0. The SMILES string of the molecule is Nc1ccc(NC(=O)c2coc3ncn(Cc4ccncc4)c(=O)c23)cc1. The van der Waals surface area contributed by atoms with Gasteiger partial charge in [0.15, 0.2) is 0 Å². The van der Waals surface area contributed by atoms with Gasteiger partial charge in [0.05, 0.1) is 12.1 Å². The molecule has 3 heterocycles. The molecule has 4 rings (SSSR count). The van der Waals surface area contributed by atoms with E-state index < -0.39 is 5.91 Å². The van der Waals surface area contributed by atoms with E-state index in [1.54, 1.807) is 48.8 Å². The molecule has 0 aliphatic rings. The van der Waals surface area contributed by atoms with Crippen LogP contribution in [0.5, 0.6) is 0 Å². The first kappa shape index (κ1) is 16.5. The Labute approximate surface area is 153 Å². The van der Waals surface area contributed by atoms with E-state index in [9.17, 15) is 9.59 Å². The second kappa shape index (κ2) is 6.75. The third-order valence-corrected chi connectivity index (χ3v) is 4.08. The Morgan fingerprint density at radius 2 is 1.89 bits per heavy atom. The second-order valence-electron chi connectivity index (χ2n) is 5.94. The van der Waals surface area contributed by atoms with Gasteiger partial charge in [0.2, 0.25) is 5.71 Å². The first-order chi connectivity index (χ1) is 13.1. The van der Waals surface area contributed by atoms with Crippen molar-refractivity contribution in [2.24, 2.45) is 0 Å². The zero-order valence-electron chi connectivity index (χ0n) is 14.1. The molecule has 0 saturated carbocycles. The number of amides is 1. The number of aromatic nitrogens is 3. The van der Waals surface area contributed by atoms with Gasteiger partial charge < -0.3 is 15.5 Å². The van der Waals surface area contributed by atoms with Crippen molar-refractivity contribution in [1.29, 1.82) is 0 Å². The highest BCUT2D eigenvalue weighted by atomic mass is 16.3. The average molecular weight is 361 g/mol. The molecule has 1 aromatic carbocycles. The van der Waals surface area contributed by atoms with Crippen LogP contribution in [0.4, 0.5) is 11.4 Å². The summed E-state index contributed by atoms with van der Waals surface area (Å²) in [6.45, 7) is 0.314. The van der Waals surface area contributed by atoms with Gasteiger partial charge in [0, 0.05) is 23.8 Å². The number of nitrogen functional groups attached to an aromatic ring is 1. The van der Waals surface area contributed by atoms with E-state index in [1.165, 1.54) is 17.2 Å².